The SMILES string of the molecule is CNC(=O)c1ccnc2c([C@H](C)CNc3cc(-c4cnc(NC5CCN(CC(C)F)CC5)nc4)ncn3)ccc(F)c12. The number of aromatic nitrogens is 5. The average Bonchev–Trinajstić information content (AvgIpc) is 3.00. The molecule has 2 atom stereocenters. The van der Waals surface area contributed by atoms with Crippen LogP contribution in [0.4, 0.5) is 20.5 Å². The van der Waals surface area contributed by atoms with Crippen molar-refractivity contribution in [2.45, 2.75) is 44.8 Å². The van der Waals surface area contributed by atoms with E-state index < -0.39 is 12.0 Å². The molecule has 1 aromatic carbocycles. The molecule has 42 heavy (non-hydrogen) atoms. The summed E-state index contributed by atoms with van der Waals surface area (Å²) < 4.78 is 28.0. The number of benzene rings is 1. The predicted octanol–water partition coefficient (Wildman–Crippen LogP) is 4.43. The van der Waals surface area contributed by atoms with E-state index in [4.69, 9.17) is 0 Å². The van der Waals surface area contributed by atoms with E-state index in [-0.39, 0.29) is 28.8 Å². The number of nitrogens with zero attached hydrogens (tertiary/aromatic N) is 6. The summed E-state index contributed by atoms with van der Waals surface area (Å²) in [5.74, 6) is 0.250. The lowest BCUT2D eigenvalue weighted by Crippen LogP contribution is -2.41. The smallest absolute Gasteiger partial charge is 0.251 e. The van der Waals surface area contributed by atoms with Crippen molar-refractivity contribution in [1.29, 1.82) is 0 Å². The number of likely N-dealkylation sites (tertiary alicyclic amines) is 1. The maximum atomic E-state index is 14.8. The summed E-state index contributed by atoms with van der Waals surface area (Å²) in [5, 5.41) is 9.48. The molecular weight excluding hydrogens is 540 g/mol. The van der Waals surface area contributed by atoms with Crippen molar-refractivity contribution < 1.29 is 13.6 Å². The molecule has 1 unspecified atom stereocenters. The first-order valence-electron chi connectivity index (χ1n) is 14.1. The van der Waals surface area contributed by atoms with E-state index in [1.54, 1.807) is 25.4 Å². The monoisotopic (exact) mass is 575 g/mol. The van der Waals surface area contributed by atoms with Crippen LogP contribution in [0.5, 0.6) is 0 Å². The van der Waals surface area contributed by atoms with Gasteiger partial charge in [-0.1, -0.05) is 13.0 Å². The summed E-state index contributed by atoms with van der Waals surface area (Å²) in [4.78, 5) is 36.5. The zero-order chi connectivity index (χ0) is 29.6. The van der Waals surface area contributed by atoms with E-state index in [1.807, 2.05) is 13.0 Å². The zero-order valence-corrected chi connectivity index (χ0v) is 23.9. The summed E-state index contributed by atoms with van der Waals surface area (Å²) >= 11 is 0. The third kappa shape index (κ3) is 6.76. The van der Waals surface area contributed by atoms with Gasteiger partial charge in [0.2, 0.25) is 5.95 Å². The Balaban J connectivity index is 1.22. The molecule has 3 aromatic heterocycles. The number of pyridine rings is 1. The van der Waals surface area contributed by atoms with Crippen LogP contribution in [0.15, 0.2) is 49.2 Å². The highest BCUT2D eigenvalue weighted by Crippen LogP contribution is 2.29. The van der Waals surface area contributed by atoms with Crippen LogP contribution < -0.4 is 16.0 Å². The first-order chi connectivity index (χ1) is 20.3. The van der Waals surface area contributed by atoms with E-state index in [2.05, 4.69) is 45.8 Å². The number of hydrogen-bond donors (Lipinski definition) is 3. The lowest BCUT2D eigenvalue weighted by atomic mass is 9.95. The summed E-state index contributed by atoms with van der Waals surface area (Å²) in [6.07, 6.45) is 7.46. The molecule has 4 aromatic rings. The molecule has 5 rings (SSSR count). The summed E-state index contributed by atoms with van der Waals surface area (Å²) in [7, 11) is 1.51. The minimum atomic E-state index is -0.816. The predicted molar refractivity (Wildman–Crippen MR) is 159 cm³/mol. The molecule has 0 radical (unpaired) electrons. The molecular formula is C30H35F2N9O. The largest absolute Gasteiger partial charge is 0.369 e. The second kappa shape index (κ2) is 13.1. The lowest BCUT2D eigenvalue weighted by molar-refractivity contribution is 0.0964. The number of nitrogens with one attached hydrogen (secondary N) is 3. The molecule has 3 N–H and O–H groups in total. The van der Waals surface area contributed by atoms with Crippen molar-refractivity contribution in [2.24, 2.45) is 0 Å². The number of alkyl halides is 1. The molecule has 0 bridgehead atoms. The Labute approximate surface area is 243 Å². The third-order valence-corrected chi connectivity index (χ3v) is 7.51. The Kier molecular flexibility index (Phi) is 9.11. The van der Waals surface area contributed by atoms with E-state index in [0.717, 1.165) is 37.1 Å². The minimum absolute atomic E-state index is 0.0696. The van der Waals surface area contributed by atoms with E-state index in [9.17, 15) is 13.6 Å². The highest BCUT2D eigenvalue weighted by molar-refractivity contribution is 6.06. The number of piperidine rings is 1. The zero-order valence-electron chi connectivity index (χ0n) is 23.9. The first-order valence-corrected chi connectivity index (χ1v) is 14.1. The van der Waals surface area contributed by atoms with Crippen LogP contribution in [0.1, 0.15) is 48.5 Å². The molecule has 4 heterocycles. The maximum Gasteiger partial charge on any atom is 0.251 e. The van der Waals surface area contributed by atoms with Gasteiger partial charge in [-0.3, -0.25) is 9.78 Å². The van der Waals surface area contributed by atoms with Crippen LogP contribution in [0.2, 0.25) is 0 Å². The quantitative estimate of drug-likeness (QED) is 0.252. The second-order valence-electron chi connectivity index (χ2n) is 10.7. The number of fused-ring (bicyclic) bond motifs is 1. The number of anilines is 2. The Morgan fingerprint density at radius 1 is 1.07 bits per heavy atom. The molecule has 1 fully saturated rings. The molecule has 10 nitrogen and oxygen atoms in total. The molecule has 0 aliphatic carbocycles. The highest BCUT2D eigenvalue weighted by Gasteiger charge is 2.21. The Morgan fingerprint density at radius 3 is 2.55 bits per heavy atom. The van der Waals surface area contributed by atoms with Gasteiger partial charge in [0.25, 0.3) is 5.91 Å². The van der Waals surface area contributed by atoms with Crippen molar-refractivity contribution in [2.75, 3.05) is 43.9 Å². The van der Waals surface area contributed by atoms with Crippen LogP contribution in [0.25, 0.3) is 22.2 Å². The fraction of sp³-hybridized carbons (Fsp3) is 0.400. The number of carbonyl (C=O) groups is 1. The Morgan fingerprint density at radius 2 is 1.83 bits per heavy atom. The van der Waals surface area contributed by atoms with E-state index >= 15 is 0 Å². The first kappa shape index (κ1) is 29.2. The van der Waals surface area contributed by atoms with Gasteiger partial charge in [-0.15, -0.1) is 0 Å². The minimum Gasteiger partial charge on any atom is -0.369 e. The molecule has 1 amide bonds. The molecule has 0 saturated carbocycles. The van der Waals surface area contributed by atoms with Gasteiger partial charge in [-0.25, -0.2) is 28.7 Å². The molecule has 1 aliphatic rings. The second-order valence-corrected chi connectivity index (χ2v) is 10.7. The standard InChI is InChI=1S/C30H35F2N9O/c1-18(22-4-5-24(32)27-23(29(42)33-3)6-9-34-28(22)27)13-35-26-12-25(38-17-39-26)20-14-36-30(37-15-20)40-21-7-10-41(11-8-21)16-19(2)31/h4-6,9,12,14-15,17-19,21H,7-8,10-11,13,16H2,1-3H3,(H,33,42)(H,35,38,39)(H,36,37,40)/t18-,19?/m1/s1. The lowest BCUT2D eigenvalue weighted by Gasteiger charge is -2.32. The van der Waals surface area contributed by atoms with Gasteiger partial charge in [0, 0.05) is 80.8 Å². The van der Waals surface area contributed by atoms with E-state index in [1.165, 1.54) is 31.7 Å². The van der Waals surface area contributed by atoms with Gasteiger partial charge in [-0.05, 0) is 37.5 Å². The van der Waals surface area contributed by atoms with Crippen molar-refractivity contribution in [1.82, 2.24) is 35.1 Å². The van der Waals surface area contributed by atoms with Crippen molar-refractivity contribution in [3.63, 3.8) is 0 Å². The van der Waals surface area contributed by atoms with Gasteiger partial charge in [0.15, 0.2) is 0 Å². The van der Waals surface area contributed by atoms with Crippen molar-refractivity contribution in [3.05, 3.63) is 66.1 Å². The summed E-state index contributed by atoms with van der Waals surface area (Å²) in [6.45, 7) is 6.27. The summed E-state index contributed by atoms with van der Waals surface area (Å²) in [5.41, 5.74) is 2.95. The number of halogens is 2. The number of amides is 1. The van der Waals surface area contributed by atoms with Gasteiger partial charge < -0.3 is 20.9 Å². The van der Waals surface area contributed by atoms with Gasteiger partial charge >= 0.3 is 0 Å². The van der Waals surface area contributed by atoms with Crippen molar-refractivity contribution >= 4 is 28.6 Å². The fourth-order valence-corrected chi connectivity index (χ4v) is 5.28. The molecule has 220 valence electrons. The van der Waals surface area contributed by atoms with E-state index in [0.29, 0.717) is 36.1 Å². The summed E-state index contributed by atoms with van der Waals surface area (Å²) in [6, 6.07) is 6.68. The fourth-order valence-electron chi connectivity index (χ4n) is 5.28. The molecule has 1 aliphatic heterocycles. The van der Waals surface area contributed by atoms with Crippen LogP contribution in [-0.4, -0.2) is 81.2 Å². The van der Waals surface area contributed by atoms with Gasteiger partial charge in [0.05, 0.1) is 16.8 Å². The topological polar surface area (TPSA) is 121 Å². The number of rotatable bonds is 10. The Bertz CT molecular complexity index is 1530. The van der Waals surface area contributed by atoms with Crippen LogP contribution in [0.3, 0.4) is 0 Å². The number of carbonyl (C=O) groups excluding carboxylic acids is 1. The molecule has 1 saturated heterocycles. The Hall–Kier alpha value is -4.32. The normalized spacial score (nSPS) is 15.7. The maximum absolute atomic E-state index is 14.8. The van der Waals surface area contributed by atoms with Crippen molar-refractivity contribution in [3.8, 4) is 11.3 Å². The van der Waals surface area contributed by atoms with Crippen LogP contribution >= 0.6 is 0 Å². The highest BCUT2D eigenvalue weighted by atomic mass is 19.1. The van der Waals surface area contributed by atoms with Gasteiger partial charge in [-0.2, -0.15) is 0 Å². The van der Waals surface area contributed by atoms with Gasteiger partial charge in [0.1, 0.15) is 24.1 Å². The van der Waals surface area contributed by atoms with Crippen LogP contribution in [-0.2, 0) is 0 Å². The van der Waals surface area contributed by atoms with Crippen LogP contribution in [0, 0.1) is 5.82 Å². The molecule has 0 spiro atoms. The molecule has 12 heteroatoms. The number of hydrogen-bond acceptors (Lipinski definition) is 9. The third-order valence-electron chi connectivity index (χ3n) is 7.51. The average molecular weight is 576 g/mol.